The molecule has 0 unspecified atom stereocenters. The summed E-state index contributed by atoms with van der Waals surface area (Å²) in [7, 11) is 0. The second-order valence-electron chi connectivity index (χ2n) is 5.81. The Morgan fingerprint density at radius 1 is 1.29 bits per heavy atom. The number of rotatable bonds is 4. The maximum absolute atomic E-state index is 12.3. The second kappa shape index (κ2) is 6.06. The Labute approximate surface area is 137 Å². The summed E-state index contributed by atoms with van der Waals surface area (Å²) in [5.74, 6) is -2.34. The van der Waals surface area contributed by atoms with E-state index in [-0.39, 0.29) is 12.1 Å². The number of nitrogens with zero attached hydrogens (tertiary/aromatic N) is 1. The molecule has 2 amide bonds. The predicted octanol–water partition coefficient (Wildman–Crippen LogP) is -0.885. The molecule has 24 heavy (non-hydrogen) atoms. The van der Waals surface area contributed by atoms with Crippen molar-refractivity contribution in [1.29, 1.82) is 0 Å². The maximum Gasteiger partial charge on any atom is 0.352 e. The van der Waals surface area contributed by atoms with Crippen LogP contribution < -0.4 is 11.1 Å². The summed E-state index contributed by atoms with van der Waals surface area (Å²) in [6, 6.07) is 6.30. The molecule has 0 spiro atoms. The van der Waals surface area contributed by atoms with E-state index in [2.05, 4.69) is 5.32 Å². The number of nitrogens with two attached hydrogens (primary N) is 1. The number of aliphatic hydroxyl groups excluding tert-OH is 1. The molecule has 0 bridgehead atoms. The molecule has 126 valence electrons. The van der Waals surface area contributed by atoms with E-state index in [0.717, 1.165) is 11.0 Å². The lowest BCUT2D eigenvalue weighted by molar-refractivity contribution is -0.157. The fourth-order valence-electron chi connectivity index (χ4n) is 3.05. The topological polar surface area (TPSA) is 133 Å². The smallest absolute Gasteiger partial charge is 0.352 e. The molecule has 0 aliphatic carbocycles. The van der Waals surface area contributed by atoms with E-state index in [1.807, 2.05) is 0 Å². The third-order valence-corrected chi connectivity index (χ3v) is 4.27. The van der Waals surface area contributed by atoms with Gasteiger partial charge in [-0.15, -0.1) is 0 Å². The molecule has 1 fully saturated rings. The minimum absolute atomic E-state index is 0.161. The van der Waals surface area contributed by atoms with Gasteiger partial charge >= 0.3 is 5.97 Å². The standard InChI is InChI=1S/C16H17N3O5/c17-12(8-4-2-1-3-5-8)14(21)18-13-10-6-9(20)7-11(16(23)24)19(10)15(13)22/h1-5,7,9-10,12-13,20H,6,17H2,(H,18,21)(H,23,24)/t9-,10+,12-,13-/m1/s1. The van der Waals surface area contributed by atoms with Gasteiger partial charge in [0.05, 0.1) is 12.1 Å². The molecule has 0 aromatic heterocycles. The minimum atomic E-state index is -1.29. The van der Waals surface area contributed by atoms with Gasteiger partial charge in [0.1, 0.15) is 17.8 Å². The van der Waals surface area contributed by atoms with Gasteiger partial charge in [0.15, 0.2) is 0 Å². The van der Waals surface area contributed by atoms with E-state index in [4.69, 9.17) is 10.8 Å². The van der Waals surface area contributed by atoms with Crippen LogP contribution in [0.5, 0.6) is 0 Å². The molecule has 0 saturated carbocycles. The monoisotopic (exact) mass is 331 g/mol. The molecule has 1 saturated heterocycles. The Morgan fingerprint density at radius 2 is 1.96 bits per heavy atom. The molecule has 1 aromatic rings. The van der Waals surface area contributed by atoms with Gasteiger partial charge in [-0.1, -0.05) is 30.3 Å². The van der Waals surface area contributed by atoms with Crippen LogP contribution in [-0.4, -0.2) is 51.1 Å². The van der Waals surface area contributed by atoms with Crippen LogP contribution in [0.3, 0.4) is 0 Å². The fourth-order valence-corrected chi connectivity index (χ4v) is 3.05. The van der Waals surface area contributed by atoms with Crippen molar-refractivity contribution in [2.75, 3.05) is 0 Å². The van der Waals surface area contributed by atoms with Gasteiger partial charge in [0, 0.05) is 6.42 Å². The molecule has 8 heteroatoms. The molecule has 3 rings (SSSR count). The summed E-state index contributed by atoms with van der Waals surface area (Å²) in [6.07, 6.45) is 0.311. The average Bonchev–Trinajstić information content (AvgIpc) is 2.58. The third kappa shape index (κ3) is 2.66. The summed E-state index contributed by atoms with van der Waals surface area (Å²) in [5.41, 5.74) is 6.23. The van der Waals surface area contributed by atoms with E-state index in [0.29, 0.717) is 5.56 Å². The second-order valence-corrected chi connectivity index (χ2v) is 5.81. The fraction of sp³-hybridized carbons (Fsp3) is 0.312. The predicted molar refractivity (Wildman–Crippen MR) is 82.3 cm³/mol. The highest BCUT2D eigenvalue weighted by Gasteiger charge is 2.53. The lowest BCUT2D eigenvalue weighted by Crippen LogP contribution is -2.72. The molecule has 4 atom stereocenters. The number of carbonyl (C=O) groups excluding carboxylic acids is 2. The van der Waals surface area contributed by atoms with Crippen molar-refractivity contribution in [3.8, 4) is 0 Å². The SMILES string of the molecule is N[C@@H](C(=O)N[C@H]1C(=O)N2C(C(=O)O)=C[C@H](O)C[C@@H]12)c1ccccc1. The first-order chi connectivity index (χ1) is 11.4. The molecule has 2 heterocycles. The highest BCUT2D eigenvalue weighted by molar-refractivity contribution is 6.01. The lowest BCUT2D eigenvalue weighted by Gasteiger charge is -2.50. The van der Waals surface area contributed by atoms with E-state index in [1.165, 1.54) is 0 Å². The first-order valence-corrected chi connectivity index (χ1v) is 7.47. The van der Waals surface area contributed by atoms with Crippen LogP contribution in [0.1, 0.15) is 18.0 Å². The average molecular weight is 331 g/mol. The number of β-lactam (4-membered cyclic amide) rings is 1. The van der Waals surface area contributed by atoms with Gasteiger partial charge in [-0.3, -0.25) is 14.5 Å². The molecular weight excluding hydrogens is 314 g/mol. The normalized spacial score (nSPS) is 26.8. The Morgan fingerprint density at radius 3 is 2.58 bits per heavy atom. The maximum atomic E-state index is 12.3. The van der Waals surface area contributed by atoms with E-state index < -0.39 is 42.0 Å². The van der Waals surface area contributed by atoms with Crippen molar-refractivity contribution in [1.82, 2.24) is 10.2 Å². The number of hydrogen-bond donors (Lipinski definition) is 4. The zero-order valence-corrected chi connectivity index (χ0v) is 12.6. The largest absolute Gasteiger partial charge is 0.477 e. The Kier molecular flexibility index (Phi) is 4.08. The van der Waals surface area contributed by atoms with Crippen LogP contribution in [0.25, 0.3) is 0 Å². The van der Waals surface area contributed by atoms with E-state index in [1.54, 1.807) is 30.3 Å². The molecule has 0 radical (unpaired) electrons. The van der Waals surface area contributed by atoms with Crippen molar-refractivity contribution in [2.24, 2.45) is 5.73 Å². The van der Waals surface area contributed by atoms with Crippen molar-refractivity contribution in [3.63, 3.8) is 0 Å². The summed E-state index contributed by atoms with van der Waals surface area (Å²) in [5, 5.41) is 21.4. The van der Waals surface area contributed by atoms with Crippen LogP contribution >= 0.6 is 0 Å². The third-order valence-electron chi connectivity index (χ3n) is 4.27. The molecular formula is C16H17N3O5. The quantitative estimate of drug-likeness (QED) is 0.529. The van der Waals surface area contributed by atoms with Crippen LogP contribution in [0.15, 0.2) is 42.1 Å². The lowest BCUT2D eigenvalue weighted by atomic mass is 9.85. The highest BCUT2D eigenvalue weighted by atomic mass is 16.4. The minimum Gasteiger partial charge on any atom is -0.477 e. The summed E-state index contributed by atoms with van der Waals surface area (Å²) < 4.78 is 0. The summed E-state index contributed by atoms with van der Waals surface area (Å²) in [6.45, 7) is 0. The number of hydrogen-bond acceptors (Lipinski definition) is 5. The number of aliphatic hydroxyl groups is 1. The summed E-state index contributed by atoms with van der Waals surface area (Å²) in [4.78, 5) is 36.7. The van der Waals surface area contributed by atoms with Gasteiger partial charge in [0.2, 0.25) is 5.91 Å². The molecule has 5 N–H and O–H groups in total. The number of nitrogens with one attached hydrogen (secondary N) is 1. The number of carbonyl (C=O) groups is 3. The Balaban J connectivity index is 1.72. The molecule has 1 aromatic carbocycles. The van der Waals surface area contributed by atoms with Crippen LogP contribution in [0.4, 0.5) is 0 Å². The number of amides is 2. The molecule has 8 nitrogen and oxygen atoms in total. The Bertz CT molecular complexity index is 718. The highest BCUT2D eigenvalue weighted by Crippen LogP contribution is 2.33. The van der Waals surface area contributed by atoms with Crippen LogP contribution in [0.2, 0.25) is 0 Å². The number of benzene rings is 1. The van der Waals surface area contributed by atoms with Gasteiger partial charge < -0.3 is 21.3 Å². The first kappa shape index (κ1) is 16.2. The number of carboxylic acid groups (broad SMARTS) is 1. The van der Waals surface area contributed by atoms with Gasteiger partial charge in [-0.25, -0.2) is 4.79 Å². The van der Waals surface area contributed by atoms with Crippen molar-refractivity contribution in [3.05, 3.63) is 47.7 Å². The van der Waals surface area contributed by atoms with Crippen LogP contribution in [0, 0.1) is 0 Å². The molecule has 2 aliphatic rings. The number of carboxylic acids is 1. The van der Waals surface area contributed by atoms with Gasteiger partial charge in [-0.05, 0) is 11.6 Å². The van der Waals surface area contributed by atoms with Crippen LogP contribution in [-0.2, 0) is 14.4 Å². The van der Waals surface area contributed by atoms with E-state index in [9.17, 15) is 19.5 Å². The first-order valence-electron chi connectivity index (χ1n) is 7.47. The zero-order chi connectivity index (χ0) is 17.4. The van der Waals surface area contributed by atoms with E-state index >= 15 is 0 Å². The zero-order valence-electron chi connectivity index (χ0n) is 12.6. The van der Waals surface area contributed by atoms with Crippen molar-refractivity contribution < 1.29 is 24.6 Å². The number of fused-ring (bicyclic) bond motifs is 1. The Hall–Kier alpha value is -2.71. The summed E-state index contributed by atoms with van der Waals surface area (Å²) >= 11 is 0. The number of aliphatic carboxylic acids is 1. The van der Waals surface area contributed by atoms with Crippen molar-refractivity contribution >= 4 is 17.8 Å². The van der Waals surface area contributed by atoms with Crippen molar-refractivity contribution in [2.45, 2.75) is 30.7 Å². The van der Waals surface area contributed by atoms with Gasteiger partial charge in [-0.2, -0.15) is 0 Å². The molecule has 2 aliphatic heterocycles. The van der Waals surface area contributed by atoms with Gasteiger partial charge in [0.25, 0.3) is 5.91 Å².